The highest BCUT2D eigenvalue weighted by Gasteiger charge is 2.23. The van der Waals surface area contributed by atoms with Gasteiger partial charge in [-0.1, -0.05) is 29.8 Å². The van der Waals surface area contributed by atoms with Crippen LogP contribution in [-0.4, -0.2) is 59.0 Å². The zero-order chi connectivity index (χ0) is 20.2. The topological polar surface area (TPSA) is 76.4 Å². The smallest absolute Gasteiger partial charge is 0.292 e. The molecule has 1 fully saturated rings. The summed E-state index contributed by atoms with van der Waals surface area (Å²) in [6, 6.07) is 9.26. The summed E-state index contributed by atoms with van der Waals surface area (Å²) in [5.74, 6) is 0.811. The summed E-state index contributed by atoms with van der Waals surface area (Å²) in [6.45, 7) is 3.62. The van der Waals surface area contributed by atoms with Crippen molar-refractivity contribution in [3.8, 4) is 5.69 Å². The van der Waals surface area contributed by atoms with Crippen LogP contribution in [0.2, 0.25) is 5.02 Å². The first-order valence-electron chi connectivity index (χ1n) is 9.32. The number of anilines is 2. The fourth-order valence-corrected chi connectivity index (χ4v) is 4.22. The second-order valence-electron chi connectivity index (χ2n) is 6.61. The quantitative estimate of drug-likeness (QED) is 0.591. The van der Waals surface area contributed by atoms with E-state index in [-0.39, 0.29) is 10.6 Å². The van der Waals surface area contributed by atoms with E-state index in [1.165, 1.54) is 16.2 Å². The number of para-hydroxylation sites is 1. The van der Waals surface area contributed by atoms with Gasteiger partial charge in [-0.15, -0.1) is 0 Å². The molecule has 1 aliphatic heterocycles. The molecule has 0 aliphatic carbocycles. The third kappa shape index (κ3) is 4.26. The van der Waals surface area contributed by atoms with Crippen LogP contribution in [0.25, 0.3) is 5.69 Å². The molecule has 0 saturated carbocycles. The number of hydrogen-bond acceptors (Lipinski definition) is 8. The van der Waals surface area contributed by atoms with Crippen LogP contribution < -0.4 is 15.4 Å². The summed E-state index contributed by atoms with van der Waals surface area (Å²) in [5.41, 5.74) is 1.04. The molecule has 1 aromatic carbocycles. The molecule has 4 rings (SSSR count). The van der Waals surface area contributed by atoms with Gasteiger partial charge in [0.25, 0.3) is 5.56 Å². The van der Waals surface area contributed by atoms with E-state index in [1.54, 1.807) is 13.3 Å². The van der Waals surface area contributed by atoms with Gasteiger partial charge in [-0.05, 0) is 12.1 Å². The number of ether oxygens (including phenoxy) is 1. The van der Waals surface area contributed by atoms with Gasteiger partial charge in [0.15, 0.2) is 0 Å². The Morgan fingerprint density at radius 3 is 2.59 bits per heavy atom. The minimum Gasteiger partial charge on any atom is -0.384 e. The van der Waals surface area contributed by atoms with Gasteiger partial charge in [0.1, 0.15) is 10.8 Å². The fourth-order valence-electron chi connectivity index (χ4n) is 3.20. The van der Waals surface area contributed by atoms with E-state index in [9.17, 15) is 4.79 Å². The maximum absolute atomic E-state index is 12.7. The lowest BCUT2D eigenvalue weighted by Crippen LogP contribution is -2.47. The largest absolute Gasteiger partial charge is 0.384 e. The van der Waals surface area contributed by atoms with Crippen molar-refractivity contribution in [3.63, 3.8) is 0 Å². The number of rotatable bonds is 6. The molecule has 0 bridgehead atoms. The molecule has 0 radical (unpaired) electrons. The van der Waals surface area contributed by atoms with Crippen molar-refractivity contribution in [1.82, 2.24) is 19.1 Å². The van der Waals surface area contributed by atoms with Crippen LogP contribution in [0.1, 0.15) is 5.82 Å². The molecule has 1 saturated heterocycles. The molecule has 152 valence electrons. The molecule has 29 heavy (non-hydrogen) atoms. The normalized spacial score (nSPS) is 14.4. The molecule has 10 heteroatoms. The standard InChI is InChI=1S/C19H21ClN6O2S/c1-28-12-7-16-22-19(29-23-16)25-10-8-24(9-11-25)15-13-21-26(18(27)17(15)20)14-5-3-2-4-6-14/h2-6,13H,7-12H2,1H3. The van der Waals surface area contributed by atoms with E-state index < -0.39 is 0 Å². The van der Waals surface area contributed by atoms with Crippen molar-refractivity contribution in [1.29, 1.82) is 0 Å². The van der Waals surface area contributed by atoms with E-state index in [0.29, 0.717) is 24.4 Å². The van der Waals surface area contributed by atoms with Crippen LogP contribution in [0, 0.1) is 0 Å². The summed E-state index contributed by atoms with van der Waals surface area (Å²) in [7, 11) is 1.67. The van der Waals surface area contributed by atoms with E-state index in [0.717, 1.165) is 37.1 Å². The van der Waals surface area contributed by atoms with Crippen LogP contribution >= 0.6 is 23.1 Å². The highest BCUT2D eigenvalue weighted by atomic mass is 35.5. The van der Waals surface area contributed by atoms with E-state index in [1.807, 2.05) is 30.3 Å². The van der Waals surface area contributed by atoms with Crippen molar-refractivity contribution in [2.24, 2.45) is 0 Å². The summed E-state index contributed by atoms with van der Waals surface area (Å²) < 4.78 is 10.8. The van der Waals surface area contributed by atoms with Crippen molar-refractivity contribution < 1.29 is 4.74 Å². The number of piperazine rings is 1. The highest BCUT2D eigenvalue weighted by molar-refractivity contribution is 7.09. The molecule has 1 aliphatic rings. The van der Waals surface area contributed by atoms with Crippen molar-refractivity contribution in [2.75, 3.05) is 49.7 Å². The van der Waals surface area contributed by atoms with Crippen LogP contribution in [0.5, 0.6) is 0 Å². The van der Waals surface area contributed by atoms with Crippen molar-refractivity contribution in [3.05, 3.63) is 57.7 Å². The van der Waals surface area contributed by atoms with E-state index >= 15 is 0 Å². The van der Waals surface area contributed by atoms with Gasteiger partial charge in [0.2, 0.25) is 5.13 Å². The minimum atomic E-state index is -0.315. The van der Waals surface area contributed by atoms with Gasteiger partial charge in [0.05, 0.1) is 24.2 Å². The summed E-state index contributed by atoms with van der Waals surface area (Å²) in [5, 5.41) is 5.43. The molecule has 0 amide bonds. The number of halogens is 1. The molecule has 0 unspecified atom stereocenters. The molecule has 2 aromatic heterocycles. The highest BCUT2D eigenvalue weighted by Crippen LogP contribution is 2.25. The number of hydrogen-bond donors (Lipinski definition) is 0. The Kier molecular flexibility index (Phi) is 6.08. The van der Waals surface area contributed by atoms with Crippen molar-refractivity contribution >= 4 is 34.0 Å². The predicted octanol–water partition coefficient (Wildman–Crippen LogP) is 2.25. The maximum atomic E-state index is 12.7. The van der Waals surface area contributed by atoms with Crippen LogP contribution in [0.15, 0.2) is 41.3 Å². The Morgan fingerprint density at radius 2 is 1.86 bits per heavy atom. The van der Waals surface area contributed by atoms with Crippen LogP contribution in [0.4, 0.5) is 10.8 Å². The molecule has 8 nitrogen and oxygen atoms in total. The molecule has 0 spiro atoms. The number of aromatic nitrogens is 4. The SMILES string of the molecule is COCCc1nsc(N2CCN(c3cnn(-c4ccccc4)c(=O)c3Cl)CC2)n1. The summed E-state index contributed by atoms with van der Waals surface area (Å²) >= 11 is 7.83. The minimum absolute atomic E-state index is 0.190. The molecule has 3 heterocycles. The Hall–Kier alpha value is -2.49. The van der Waals surface area contributed by atoms with Crippen LogP contribution in [-0.2, 0) is 11.2 Å². The first-order chi connectivity index (χ1) is 14.2. The second-order valence-corrected chi connectivity index (χ2v) is 7.71. The second kappa shape index (κ2) is 8.89. The van der Waals surface area contributed by atoms with Crippen molar-refractivity contribution in [2.45, 2.75) is 6.42 Å². The van der Waals surface area contributed by atoms with Gasteiger partial charge < -0.3 is 14.5 Å². The first-order valence-corrected chi connectivity index (χ1v) is 10.5. The Bertz CT molecular complexity index is 1020. The lowest BCUT2D eigenvalue weighted by molar-refractivity contribution is 0.201. The maximum Gasteiger partial charge on any atom is 0.292 e. The van der Waals surface area contributed by atoms with E-state index in [4.69, 9.17) is 16.3 Å². The zero-order valence-electron chi connectivity index (χ0n) is 16.0. The zero-order valence-corrected chi connectivity index (χ0v) is 17.6. The summed E-state index contributed by atoms with van der Waals surface area (Å²) in [4.78, 5) is 21.6. The molecule has 3 aromatic rings. The predicted molar refractivity (Wildman–Crippen MR) is 115 cm³/mol. The average molecular weight is 433 g/mol. The third-order valence-electron chi connectivity index (χ3n) is 4.78. The fraction of sp³-hybridized carbons (Fsp3) is 0.368. The monoisotopic (exact) mass is 432 g/mol. The van der Waals surface area contributed by atoms with Gasteiger partial charge in [-0.2, -0.15) is 14.2 Å². The van der Waals surface area contributed by atoms with Gasteiger partial charge in [-0.3, -0.25) is 4.79 Å². The van der Waals surface area contributed by atoms with Gasteiger partial charge >= 0.3 is 0 Å². The van der Waals surface area contributed by atoms with Crippen LogP contribution in [0.3, 0.4) is 0 Å². The Morgan fingerprint density at radius 1 is 1.14 bits per heavy atom. The lowest BCUT2D eigenvalue weighted by Gasteiger charge is -2.35. The van der Waals surface area contributed by atoms with Gasteiger partial charge in [-0.25, -0.2) is 4.98 Å². The van der Waals surface area contributed by atoms with E-state index in [2.05, 4.69) is 24.3 Å². The first kappa shape index (κ1) is 19.8. The number of methoxy groups -OCH3 is 1. The Labute approximate surface area is 177 Å². The molecular weight excluding hydrogens is 412 g/mol. The number of nitrogens with zero attached hydrogens (tertiary/aromatic N) is 6. The molecule has 0 atom stereocenters. The third-order valence-corrected chi connectivity index (χ3v) is 5.95. The number of benzene rings is 1. The van der Waals surface area contributed by atoms with Gasteiger partial charge in [0, 0.05) is 51.2 Å². The molecule has 0 N–H and O–H groups in total. The Balaban J connectivity index is 1.45. The summed E-state index contributed by atoms with van der Waals surface area (Å²) in [6.07, 6.45) is 2.38. The lowest BCUT2D eigenvalue weighted by atomic mass is 10.3. The average Bonchev–Trinajstić information content (AvgIpc) is 3.24. The molecular formula is C19H21ClN6O2S.